The summed E-state index contributed by atoms with van der Waals surface area (Å²) in [6, 6.07) is 31.5. The second-order valence-electron chi connectivity index (χ2n) is 15.7. The van der Waals surface area contributed by atoms with E-state index >= 15 is 0 Å². The number of ketones is 1. The highest BCUT2D eigenvalue weighted by atomic mass is 16.5. The average molecular weight is 885 g/mol. The number of carbonyl (C=O) groups is 4. The lowest BCUT2D eigenvalue weighted by Crippen LogP contribution is -2.24. The number of aromatic nitrogens is 2. The fraction of sp³-hybridized carbons (Fsp3) is 0.358. The van der Waals surface area contributed by atoms with Crippen LogP contribution in [-0.4, -0.2) is 69.7 Å². The molecular weight excluding hydrogens is 821 g/mol. The van der Waals surface area contributed by atoms with E-state index in [1.165, 1.54) is 44.9 Å². The molecule has 0 unspecified atom stereocenters. The van der Waals surface area contributed by atoms with Crippen molar-refractivity contribution in [3.8, 4) is 33.8 Å². The van der Waals surface area contributed by atoms with Gasteiger partial charge in [-0.25, -0.2) is 0 Å². The molecule has 0 saturated carbocycles. The number of Topliss-reactive ketones (excluding diaryl/α,β-unsaturated/α-hetero) is 1. The third kappa shape index (κ3) is 15.9. The van der Waals surface area contributed by atoms with E-state index in [1.54, 1.807) is 20.4 Å². The van der Waals surface area contributed by atoms with Crippen molar-refractivity contribution in [3.05, 3.63) is 121 Å². The van der Waals surface area contributed by atoms with Crippen LogP contribution in [0.4, 0.5) is 0 Å². The highest BCUT2D eigenvalue weighted by molar-refractivity contribution is 6.01. The number of ether oxygens (including phenoxy) is 2. The van der Waals surface area contributed by atoms with Crippen molar-refractivity contribution < 1.29 is 39.0 Å². The van der Waals surface area contributed by atoms with Crippen LogP contribution in [0, 0.1) is 0 Å². The van der Waals surface area contributed by atoms with E-state index in [2.05, 4.69) is 35.9 Å². The zero-order chi connectivity index (χ0) is 47.0. The van der Waals surface area contributed by atoms with Crippen LogP contribution in [-0.2, 0) is 32.0 Å². The van der Waals surface area contributed by atoms with Crippen LogP contribution in [0.5, 0.6) is 11.5 Å². The van der Waals surface area contributed by atoms with Crippen LogP contribution < -0.4 is 15.2 Å². The number of methoxy groups -OCH3 is 2. The molecule has 12 nitrogen and oxygen atoms in total. The zero-order valence-electron chi connectivity index (χ0n) is 38.3. The normalized spacial score (nSPS) is 11.8. The Kier molecular flexibility index (Phi) is 21.7. The Balaban J connectivity index is 0.000000219. The lowest BCUT2D eigenvalue weighted by Gasteiger charge is -2.14. The van der Waals surface area contributed by atoms with Crippen molar-refractivity contribution in [2.24, 2.45) is 5.73 Å². The third-order valence-electron chi connectivity index (χ3n) is 10.8. The fourth-order valence-electron chi connectivity index (χ4n) is 7.36. The number of pyridine rings is 2. The van der Waals surface area contributed by atoms with Gasteiger partial charge in [0.05, 0.1) is 31.7 Å². The fourth-order valence-corrected chi connectivity index (χ4v) is 7.36. The Hall–Kier alpha value is -6.50. The maximum Gasteiger partial charge on any atom is 0.307 e. The summed E-state index contributed by atoms with van der Waals surface area (Å²) in [4.78, 5) is 53.3. The van der Waals surface area contributed by atoms with Gasteiger partial charge in [0.15, 0.2) is 0 Å². The molecular formula is C53H64N4O8. The topological polar surface area (TPSA) is 182 Å². The van der Waals surface area contributed by atoms with E-state index in [9.17, 15) is 19.2 Å². The number of imide groups is 1. The van der Waals surface area contributed by atoms with Gasteiger partial charge in [0.2, 0.25) is 0 Å². The van der Waals surface area contributed by atoms with E-state index in [0.717, 1.165) is 80.5 Å². The molecule has 344 valence electrons. The van der Waals surface area contributed by atoms with Gasteiger partial charge in [-0.1, -0.05) is 119 Å². The summed E-state index contributed by atoms with van der Waals surface area (Å²) in [6.45, 7) is 5.27. The first-order chi connectivity index (χ1) is 31.5. The van der Waals surface area contributed by atoms with Crippen molar-refractivity contribution in [2.75, 3.05) is 20.8 Å². The number of nitrogens with zero attached hydrogens (tertiary/aromatic N) is 3. The number of hydrogen-bond donors (Lipinski definition) is 3. The standard InChI is InChI=1S/C25H29NO2.C18H15NO3.C6H15N.C4H5NO3/c1-3-4-5-6-10-13-21(27)16-20-18-26-24-15-14-22(28-2)17-23(24)25(20)19-11-8-7-9-12-19;1-22-14-7-8-16-15(10-14)18(12-5-3-2-4-6-12)13(11-19-16)9-17(20)21;1-2-3-4-5-6-7;6-3-1-2-4(7)5(3)8/h7-9,11-12,14-15,17-18H,3-6,10,13,16H2,1-2H3;2-8,10-11H,9H2,1H3,(H,20,21);2-7H2,1H3;8H,1-2H2. The van der Waals surface area contributed by atoms with Crippen LogP contribution in [0.3, 0.4) is 0 Å². The van der Waals surface area contributed by atoms with Crippen LogP contribution >= 0.6 is 0 Å². The number of nitrogens with two attached hydrogens (primary N) is 1. The number of carbonyl (C=O) groups excluding carboxylic acids is 3. The number of amides is 2. The van der Waals surface area contributed by atoms with Crippen molar-refractivity contribution in [2.45, 2.75) is 104 Å². The van der Waals surface area contributed by atoms with Gasteiger partial charge in [-0.15, -0.1) is 0 Å². The quantitative estimate of drug-likeness (QED) is 0.0424. The Bertz CT molecular complexity index is 2420. The van der Waals surface area contributed by atoms with Gasteiger partial charge >= 0.3 is 5.97 Å². The van der Waals surface area contributed by atoms with Crippen LogP contribution in [0.2, 0.25) is 0 Å². The second-order valence-corrected chi connectivity index (χ2v) is 15.7. The second kappa shape index (κ2) is 27.6. The molecule has 0 aliphatic carbocycles. The smallest absolute Gasteiger partial charge is 0.307 e. The maximum absolute atomic E-state index is 12.6. The molecule has 1 saturated heterocycles. The van der Waals surface area contributed by atoms with Crippen molar-refractivity contribution in [1.82, 2.24) is 15.0 Å². The van der Waals surface area contributed by atoms with E-state index in [1.807, 2.05) is 91.1 Å². The Morgan fingerprint density at radius 1 is 0.631 bits per heavy atom. The Morgan fingerprint density at radius 2 is 1.08 bits per heavy atom. The molecule has 4 N–H and O–H groups in total. The first kappa shape index (κ1) is 51.1. The molecule has 65 heavy (non-hydrogen) atoms. The van der Waals surface area contributed by atoms with Crippen LogP contribution in [0.1, 0.15) is 102 Å². The first-order valence-electron chi connectivity index (χ1n) is 22.5. The van der Waals surface area contributed by atoms with E-state index in [-0.39, 0.29) is 30.1 Å². The van der Waals surface area contributed by atoms with Crippen LogP contribution in [0.15, 0.2) is 109 Å². The predicted octanol–water partition coefficient (Wildman–Crippen LogP) is 11.0. The monoisotopic (exact) mass is 884 g/mol. The molecule has 12 heteroatoms. The molecule has 1 aliphatic rings. The van der Waals surface area contributed by atoms with Crippen molar-refractivity contribution >= 4 is 45.4 Å². The number of carboxylic acids is 1. The summed E-state index contributed by atoms with van der Waals surface area (Å²) < 4.78 is 10.7. The van der Waals surface area contributed by atoms with Gasteiger partial charge in [0.25, 0.3) is 11.8 Å². The number of hydrogen-bond acceptors (Lipinski definition) is 10. The van der Waals surface area contributed by atoms with Gasteiger partial charge in [-0.05, 0) is 89.2 Å². The molecule has 1 aliphatic heterocycles. The number of benzene rings is 4. The summed E-state index contributed by atoms with van der Waals surface area (Å²) in [6.07, 6.45) is 15.8. The molecule has 2 aromatic heterocycles. The van der Waals surface area contributed by atoms with Gasteiger partial charge < -0.3 is 20.3 Å². The highest BCUT2D eigenvalue weighted by Gasteiger charge is 2.27. The van der Waals surface area contributed by atoms with E-state index in [4.69, 9.17) is 25.5 Å². The lowest BCUT2D eigenvalue weighted by molar-refractivity contribution is -0.171. The van der Waals surface area contributed by atoms with Crippen LogP contribution in [0.25, 0.3) is 44.1 Å². The van der Waals surface area contributed by atoms with E-state index in [0.29, 0.717) is 18.4 Å². The molecule has 3 heterocycles. The molecule has 6 aromatic rings. The minimum Gasteiger partial charge on any atom is -0.497 e. The zero-order valence-corrected chi connectivity index (χ0v) is 38.3. The lowest BCUT2D eigenvalue weighted by atomic mass is 9.93. The average Bonchev–Trinajstić information content (AvgIpc) is 3.62. The molecule has 0 atom stereocenters. The summed E-state index contributed by atoms with van der Waals surface area (Å²) in [5.74, 6) is -0.0752. The maximum atomic E-state index is 12.6. The molecule has 1 fully saturated rings. The summed E-state index contributed by atoms with van der Waals surface area (Å²) in [5, 5.41) is 19.6. The summed E-state index contributed by atoms with van der Waals surface area (Å²) >= 11 is 0. The molecule has 0 radical (unpaired) electrons. The minimum absolute atomic E-state index is 0.0651. The van der Waals surface area contributed by atoms with Gasteiger partial charge in [0.1, 0.15) is 17.3 Å². The number of hydroxylamine groups is 2. The SMILES string of the molecule is CCCCCCCC(=O)Cc1cnc2ccc(OC)cc2c1-c1ccccc1.CCCCCCN.COc1ccc2ncc(CC(=O)O)c(-c3ccccc3)c2c1.O=C1CCC(=O)N1O. The molecule has 0 spiro atoms. The summed E-state index contributed by atoms with van der Waals surface area (Å²) in [5.41, 5.74) is 12.7. The number of carboxylic acid groups (broad SMARTS) is 1. The third-order valence-corrected chi connectivity index (χ3v) is 10.8. The predicted molar refractivity (Wildman–Crippen MR) is 257 cm³/mol. The van der Waals surface area contributed by atoms with Gasteiger partial charge in [0, 0.05) is 48.8 Å². The highest BCUT2D eigenvalue weighted by Crippen LogP contribution is 2.35. The molecule has 7 rings (SSSR count). The van der Waals surface area contributed by atoms with Crippen molar-refractivity contribution in [3.63, 3.8) is 0 Å². The minimum atomic E-state index is -0.874. The Morgan fingerprint density at radius 3 is 1.48 bits per heavy atom. The Labute approximate surface area is 382 Å². The van der Waals surface area contributed by atoms with E-state index < -0.39 is 17.8 Å². The number of aliphatic carboxylic acids is 1. The molecule has 4 aromatic carbocycles. The summed E-state index contributed by atoms with van der Waals surface area (Å²) in [7, 11) is 3.28. The number of unbranched alkanes of at least 4 members (excludes halogenated alkanes) is 7. The molecule has 2 amide bonds. The van der Waals surface area contributed by atoms with Gasteiger partial charge in [-0.2, -0.15) is 5.06 Å². The van der Waals surface area contributed by atoms with Crippen molar-refractivity contribution in [1.29, 1.82) is 0 Å². The number of fused-ring (bicyclic) bond motifs is 2. The van der Waals surface area contributed by atoms with Gasteiger partial charge in [-0.3, -0.25) is 34.4 Å². The molecule has 0 bridgehead atoms. The largest absolute Gasteiger partial charge is 0.497 e. The number of rotatable bonds is 18. The first-order valence-corrected chi connectivity index (χ1v) is 22.5.